The van der Waals surface area contributed by atoms with Gasteiger partial charge in [0.2, 0.25) is 5.88 Å². The van der Waals surface area contributed by atoms with Crippen molar-refractivity contribution in [3.05, 3.63) is 81.9 Å². The van der Waals surface area contributed by atoms with E-state index in [0.29, 0.717) is 31.3 Å². The van der Waals surface area contributed by atoms with Gasteiger partial charge in [0.25, 0.3) is 0 Å². The zero-order valence-electron chi connectivity index (χ0n) is 22.2. The highest BCUT2D eigenvalue weighted by molar-refractivity contribution is 7.79. The van der Waals surface area contributed by atoms with Crippen molar-refractivity contribution < 1.29 is 23.0 Å². The van der Waals surface area contributed by atoms with Crippen molar-refractivity contribution in [2.75, 3.05) is 12.4 Å². The summed E-state index contributed by atoms with van der Waals surface area (Å²) in [7, 11) is 0. The van der Waals surface area contributed by atoms with E-state index >= 15 is 0 Å². The molecule has 2 aromatic carbocycles. The fraction of sp³-hybridized carbons (Fsp3) is 0.379. The fourth-order valence-electron chi connectivity index (χ4n) is 4.17. The molecule has 3 aromatic rings. The fourth-order valence-corrected chi connectivity index (χ4v) is 4.84. The van der Waals surface area contributed by atoms with E-state index in [4.69, 9.17) is 9.47 Å². The van der Waals surface area contributed by atoms with E-state index in [1.807, 2.05) is 50.2 Å². The average molecular weight is 539 g/mol. The maximum atomic E-state index is 11.2. The Morgan fingerprint density at radius 3 is 2.47 bits per heavy atom. The third-order valence-electron chi connectivity index (χ3n) is 6.28. The predicted octanol–water partition coefficient (Wildman–Crippen LogP) is 6.15. The second-order valence-corrected chi connectivity index (χ2v) is 10.9. The minimum absolute atomic E-state index is 0.0162. The van der Waals surface area contributed by atoms with Gasteiger partial charge in [-0.1, -0.05) is 35.5 Å². The summed E-state index contributed by atoms with van der Waals surface area (Å²) in [5, 5.41) is 3.12. The number of ether oxygens (including phenoxy) is 2. The molecule has 38 heavy (non-hydrogen) atoms. The number of rotatable bonds is 14. The molecule has 0 aliphatic carbocycles. The summed E-state index contributed by atoms with van der Waals surface area (Å²) in [6.07, 6.45) is 1.46. The lowest BCUT2D eigenvalue weighted by molar-refractivity contribution is -0.108. The van der Waals surface area contributed by atoms with Crippen LogP contribution >= 0.6 is 0 Å². The lowest BCUT2D eigenvalue weighted by atomic mass is 9.98. The highest BCUT2D eigenvalue weighted by Crippen LogP contribution is 2.30. The molecule has 2 unspecified atom stereocenters. The molecule has 1 heterocycles. The molecule has 0 saturated carbocycles. The van der Waals surface area contributed by atoms with Crippen molar-refractivity contribution in [1.29, 1.82) is 0 Å². The van der Waals surface area contributed by atoms with Crippen molar-refractivity contribution in [2.45, 2.75) is 58.6 Å². The Kier molecular flexibility index (Phi) is 10.3. The van der Waals surface area contributed by atoms with E-state index in [9.17, 15) is 18.5 Å². The van der Waals surface area contributed by atoms with Crippen LogP contribution in [0.3, 0.4) is 0 Å². The summed E-state index contributed by atoms with van der Waals surface area (Å²) in [6.45, 7) is 8.23. The Balaban J connectivity index is 1.67. The Bertz CT molecular complexity index is 1250. The lowest BCUT2D eigenvalue weighted by Gasteiger charge is -2.17. The van der Waals surface area contributed by atoms with Crippen LogP contribution in [0.2, 0.25) is 0 Å². The van der Waals surface area contributed by atoms with Gasteiger partial charge in [0.1, 0.15) is 24.2 Å². The van der Waals surface area contributed by atoms with Crippen LogP contribution < -0.4 is 9.47 Å². The number of carbonyl (C=O) groups is 1. The molecule has 2 atom stereocenters. The summed E-state index contributed by atoms with van der Waals surface area (Å²) in [6, 6.07) is 17.2. The zero-order chi connectivity index (χ0) is 27.7. The van der Waals surface area contributed by atoms with Crippen molar-refractivity contribution in [3.63, 3.8) is 0 Å². The minimum Gasteiger partial charge on any atom is -0.489 e. The first kappa shape index (κ1) is 29.1. The smallest absolute Gasteiger partial charge is 0.213 e. The highest BCUT2D eigenvalue weighted by atomic mass is 32.2. The Labute approximate surface area is 226 Å². The third kappa shape index (κ3) is 8.29. The number of nitrogens with zero attached hydrogens (tertiary/aromatic N) is 2. The maximum Gasteiger partial charge on any atom is 0.213 e. The van der Waals surface area contributed by atoms with Crippen molar-refractivity contribution in [3.8, 4) is 22.8 Å². The number of benzene rings is 2. The molecule has 202 valence electrons. The van der Waals surface area contributed by atoms with E-state index in [0.717, 1.165) is 39.8 Å². The zero-order valence-corrected chi connectivity index (χ0v) is 23.0. The van der Waals surface area contributed by atoms with Gasteiger partial charge in [0.05, 0.1) is 12.4 Å². The molecule has 0 aliphatic rings. The number of aldehydes is 1. The first-order valence-electron chi connectivity index (χ1n) is 12.4. The first-order valence-corrected chi connectivity index (χ1v) is 13.7. The van der Waals surface area contributed by atoms with Gasteiger partial charge < -0.3 is 18.8 Å². The Morgan fingerprint density at radius 2 is 1.84 bits per heavy atom. The summed E-state index contributed by atoms with van der Waals surface area (Å²) >= 11 is -1.98. The highest BCUT2D eigenvalue weighted by Gasteiger charge is 2.19. The molecule has 8 nitrogen and oxygen atoms in total. The number of aromatic nitrogens is 1. The molecular formula is C29H34N2O6S. The monoisotopic (exact) mass is 538 g/mol. The molecule has 1 aromatic heterocycles. The van der Waals surface area contributed by atoms with E-state index in [-0.39, 0.29) is 18.1 Å². The van der Waals surface area contributed by atoms with Gasteiger partial charge in [-0.05, 0) is 68.1 Å². The summed E-state index contributed by atoms with van der Waals surface area (Å²) in [4.78, 5) is 26.4. The topological polar surface area (TPSA) is 115 Å². The maximum absolute atomic E-state index is 11.2. The Morgan fingerprint density at radius 1 is 1.11 bits per heavy atom. The minimum atomic E-state index is -1.98. The number of carbonyl (C=O) groups excluding carboxylic acids is 1. The second kappa shape index (κ2) is 13.4. The summed E-state index contributed by atoms with van der Waals surface area (Å²) < 4.78 is 32.2. The van der Waals surface area contributed by atoms with Crippen molar-refractivity contribution in [1.82, 2.24) is 4.98 Å². The van der Waals surface area contributed by atoms with Gasteiger partial charge in [-0.3, -0.25) is 0 Å². The molecule has 9 heteroatoms. The molecule has 3 rings (SSSR count). The van der Waals surface area contributed by atoms with Crippen LogP contribution in [0.4, 0.5) is 0 Å². The second-order valence-electron chi connectivity index (χ2n) is 9.89. The van der Waals surface area contributed by atoms with Crippen molar-refractivity contribution in [2.24, 2.45) is 5.18 Å². The van der Waals surface area contributed by atoms with Gasteiger partial charge in [-0.2, -0.15) is 4.91 Å². The van der Waals surface area contributed by atoms with E-state index in [2.05, 4.69) is 16.2 Å². The van der Waals surface area contributed by atoms with E-state index in [1.54, 1.807) is 26.0 Å². The third-order valence-corrected chi connectivity index (χ3v) is 6.97. The van der Waals surface area contributed by atoms with E-state index < -0.39 is 16.6 Å². The van der Waals surface area contributed by atoms with Crippen molar-refractivity contribution >= 4 is 17.4 Å². The summed E-state index contributed by atoms with van der Waals surface area (Å²) in [5.41, 5.74) is 5.07. The summed E-state index contributed by atoms with van der Waals surface area (Å²) in [5.74, 6) is 0.898. The number of hydrogen-bond acceptors (Lipinski definition) is 7. The van der Waals surface area contributed by atoms with Crippen LogP contribution in [-0.2, 0) is 22.5 Å². The lowest BCUT2D eigenvalue weighted by Crippen LogP contribution is -2.19. The number of aryl methyl sites for hydroxylation is 2. The average Bonchev–Trinajstić information content (AvgIpc) is 2.87. The molecule has 0 saturated heterocycles. The Hall–Kier alpha value is -3.43. The van der Waals surface area contributed by atoms with Gasteiger partial charge in [-0.15, -0.1) is 0 Å². The SMILES string of the molecule is Cc1cc(OCCC(C)(C)N=O)nc(C)c1-c1cccc(COc2ccc(C(CC=O)CS(=O)O)cc2)c1. The molecule has 0 amide bonds. The molecule has 1 N–H and O–H groups in total. The largest absolute Gasteiger partial charge is 0.489 e. The van der Waals surface area contributed by atoms with Gasteiger partial charge in [0.15, 0.2) is 11.1 Å². The van der Waals surface area contributed by atoms with Crippen LogP contribution in [0, 0.1) is 18.8 Å². The molecule has 0 aliphatic heterocycles. The standard InChI is InChI=1S/C29H34N2O6S/c1-20-16-27(36-15-13-29(3,4)31-33)30-21(2)28(20)24-7-5-6-22(17-24)18-37-26-10-8-23(9-11-26)25(12-14-32)19-38(34)35/h5-11,14,16-17,25H,12-13,15,18-19H2,1-4H3,(H,34,35). The first-order chi connectivity index (χ1) is 18.1. The van der Waals surface area contributed by atoms with Gasteiger partial charge >= 0.3 is 0 Å². The van der Waals surface area contributed by atoms with Crippen LogP contribution in [0.15, 0.2) is 59.8 Å². The molecule has 0 fully saturated rings. The molecule has 0 spiro atoms. The van der Waals surface area contributed by atoms with Crippen LogP contribution in [0.1, 0.15) is 55.0 Å². The quantitative estimate of drug-likeness (QED) is 0.149. The molecule has 0 bridgehead atoms. The van der Waals surface area contributed by atoms with E-state index in [1.165, 1.54) is 0 Å². The van der Waals surface area contributed by atoms with Gasteiger partial charge in [0, 0.05) is 36.1 Å². The predicted molar refractivity (Wildman–Crippen MR) is 149 cm³/mol. The normalized spacial score (nSPS) is 13.0. The van der Waals surface area contributed by atoms with Crippen LogP contribution in [-0.4, -0.2) is 37.9 Å². The van der Waals surface area contributed by atoms with Gasteiger partial charge in [-0.25, -0.2) is 9.19 Å². The van der Waals surface area contributed by atoms with Crippen LogP contribution in [0.5, 0.6) is 11.6 Å². The number of hydrogen-bond donors (Lipinski definition) is 1. The number of pyridine rings is 1. The molecular weight excluding hydrogens is 504 g/mol. The number of nitroso groups, excluding NO2 is 1. The van der Waals surface area contributed by atoms with Crippen LogP contribution in [0.25, 0.3) is 11.1 Å². The molecule has 0 radical (unpaired) electrons.